The van der Waals surface area contributed by atoms with E-state index in [2.05, 4.69) is 9.97 Å². The number of thiazole rings is 2. The molecule has 23 heavy (non-hydrogen) atoms. The fourth-order valence-electron chi connectivity index (χ4n) is 1.58. The van der Waals surface area contributed by atoms with Crippen LogP contribution in [0.4, 0.5) is 5.13 Å². The summed E-state index contributed by atoms with van der Waals surface area (Å²) in [6.45, 7) is 3.67. The van der Waals surface area contributed by atoms with Gasteiger partial charge in [-0.05, 0) is 6.92 Å². The van der Waals surface area contributed by atoms with Crippen molar-refractivity contribution >= 4 is 51.4 Å². The lowest BCUT2D eigenvalue weighted by molar-refractivity contribution is -0.142. The molecular weight excluding hydrogens is 354 g/mol. The lowest BCUT2D eigenvalue weighted by Crippen LogP contribution is -2.22. The first kappa shape index (κ1) is 17.9. The van der Waals surface area contributed by atoms with Crippen molar-refractivity contribution in [2.24, 2.45) is 0 Å². The van der Waals surface area contributed by atoms with Crippen LogP contribution in [-0.4, -0.2) is 35.5 Å². The van der Waals surface area contributed by atoms with Gasteiger partial charge in [-0.25, -0.2) is 9.97 Å². The molecule has 6 nitrogen and oxygen atoms in total. The van der Waals surface area contributed by atoms with E-state index in [1.54, 1.807) is 25.7 Å². The molecule has 0 atom stereocenters. The highest BCUT2D eigenvalue weighted by Gasteiger charge is 2.12. The second-order valence-corrected chi connectivity index (χ2v) is 7.49. The molecule has 0 saturated carbocycles. The maximum absolute atomic E-state index is 11.4. The minimum atomic E-state index is -0.259. The normalized spacial score (nSPS) is 10.6. The van der Waals surface area contributed by atoms with Crippen LogP contribution in [0, 0.1) is 0 Å². The molecule has 0 radical (unpaired) electrons. The number of carbonyl (C=O) groups excluding carboxylic acids is 2. The van der Waals surface area contributed by atoms with E-state index in [9.17, 15) is 9.59 Å². The summed E-state index contributed by atoms with van der Waals surface area (Å²) in [6, 6.07) is 0. The molecule has 0 aliphatic rings. The summed E-state index contributed by atoms with van der Waals surface area (Å²) in [5, 5.41) is 4.50. The van der Waals surface area contributed by atoms with Gasteiger partial charge >= 0.3 is 5.97 Å². The van der Waals surface area contributed by atoms with E-state index in [1.807, 2.05) is 10.8 Å². The minimum absolute atomic E-state index is 0.0397. The lowest BCUT2D eigenvalue weighted by Gasteiger charge is -2.09. The molecule has 0 N–H and O–H groups in total. The Labute approximate surface area is 146 Å². The molecule has 0 aromatic carbocycles. The van der Waals surface area contributed by atoms with E-state index in [1.165, 1.54) is 34.5 Å². The molecule has 0 saturated heterocycles. The first-order valence-corrected chi connectivity index (χ1v) is 9.65. The highest BCUT2D eigenvalue weighted by Crippen LogP contribution is 2.28. The van der Waals surface area contributed by atoms with Crippen LogP contribution >= 0.6 is 34.4 Å². The Balaban J connectivity index is 1.88. The third-order valence-corrected chi connectivity index (χ3v) is 5.87. The average molecular weight is 372 g/mol. The molecule has 2 heterocycles. The summed E-state index contributed by atoms with van der Waals surface area (Å²) in [5.74, 6) is 0.377. The van der Waals surface area contributed by atoms with Crippen molar-refractivity contribution < 1.29 is 14.3 Å². The van der Waals surface area contributed by atoms with Gasteiger partial charge in [0.15, 0.2) is 9.47 Å². The SMILES string of the molecule is CCOC(=O)Cc1csc(SCc2csc(N(C)C(C)=O)n2)n1. The highest BCUT2D eigenvalue weighted by molar-refractivity contribution is 8.00. The zero-order valence-electron chi connectivity index (χ0n) is 13.1. The topological polar surface area (TPSA) is 72.4 Å². The number of nitrogens with zero attached hydrogens (tertiary/aromatic N) is 3. The molecule has 0 unspecified atom stereocenters. The van der Waals surface area contributed by atoms with Crippen molar-refractivity contribution in [3.63, 3.8) is 0 Å². The summed E-state index contributed by atoms with van der Waals surface area (Å²) in [4.78, 5) is 33.1. The van der Waals surface area contributed by atoms with Crippen LogP contribution in [0.3, 0.4) is 0 Å². The highest BCUT2D eigenvalue weighted by atomic mass is 32.2. The third-order valence-electron chi connectivity index (χ3n) is 2.80. The predicted molar refractivity (Wildman–Crippen MR) is 93.2 cm³/mol. The van der Waals surface area contributed by atoms with E-state index in [-0.39, 0.29) is 18.3 Å². The number of carbonyl (C=O) groups is 2. The molecule has 0 aliphatic heterocycles. The average Bonchev–Trinajstić information content (AvgIpc) is 3.13. The number of esters is 1. The van der Waals surface area contributed by atoms with Gasteiger partial charge < -0.3 is 4.74 Å². The van der Waals surface area contributed by atoms with Gasteiger partial charge in [0.05, 0.1) is 24.4 Å². The van der Waals surface area contributed by atoms with Crippen LogP contribution in [0.15, 0.2) is 15.1 Å². The van der Waals surface area contributed by atoms with E-state index >= 15 is 0 Å². The van der Waals surface area contributed by atoms with Crippen molar-refractivity contribution in [1.29, 1.82) is 0 Å². The van der Waals surface area contributed by atoms with Crippen LogP contribution in [0.1, 0.15) is 25.2 Å². The Morgan fingerprint density at radius 1 is 1.26 bits per heavy atom. The number of amides is 1. The Kier molecular flexibility index (Phi) is 6.55. The first-order chi connectivity index (χ1) is 11.0. The van der Waals surface area contributed by atoms with Crippen LogP contribution in [0.5, 0.6) is 0 Å². The van der Waals surface area contributed by atoms with Crippen molar-refractivity contribution in [3.8, 4) is 0 Å². The van der Waals surface area contributed by atoms with Gasteiger partial charge in [-0.2, -0.15) is 0 Å². The Morgan fingerprint density at radius 3 is 2.70 bits per heavy atom. The smallest absolute Gasteiger partial charge is 0.311 e. The standard InChI is InChI=1S/C14H17N3O3S3/c1-4-20-12(19)5-10-6-22-14(16-10)23-8-11-7-21-13(15-11)17(3)9(2)18/h6-7H,4-5,8H2,1-3H3. The Bertz CT molecular complexity index is 684. The van der Waals surface area contributed by atoms with Crippen LogP contribution in [0.25, 0.3) is 0 Å². The fourth-order valence-corrected chi connectivity index (χ4v) is 4.26. The van der Waals surface area contributed by atoms with Crippen molar-refractivity contribution in [2.45, 2.75) is 30.4 Å². The molecule has 2 aromatic heterocycles. The lowest BCUT2D eigenvalue weighted by atomic mass is 10.3. The van der Waals surface area contributed by atoms with Crippen LogP contribution < -0.4 is 4.90 Å². The monoisotopic (exact) mass is 371 g/mol. The Morgan fingerprint density at radius 2 is 2.00 bits per heavy atom. The van der Waals surface area contributed by atoms with Gasteiger partial charge in [0.1, 0.15) is 0 Å². The maximum atomic E-state index is 11.4. The summed E-state index contributed by atoms with van der Waals surface area (Å²) in [7, 11) is 1.71. The number of thioether (sulfide) groups is 1. The molecular formula is C14H17N3O3S3. The zero-order valence-corrected chi connectivity index (χ0v) is 15.5. The number of hydrogen-bond donors (Lipinski definition) is 0. The van der Waals surface area contributed by atoms with E-state index < -0.39 is 0 Å². The molecule has 0 fully saturated rings. The van der Waals surface area contributed by atoms with Gasteiger partial charge in [-0.3, -0.25) is 14.5 Å². The largest absolute Gasteiger partial charge is 0.466 e. The first-order valence-electron chi connectivity index (χ1n) is 6.91. The Hall–Kier alpha value is -1.45. The summed E-state index contributed by atoms with van der Waals surface area (Å²) in [5.41, 5.74) is 1.64. The van der Waals surface area contributed by atoms with Crippen LogP contribution in [-0.2, 0) is 26.5 Å². The van der Waals surface area contributed by atoms with Gasteiger partial charge in [-0.15, -0.1) is 22.7 Å². The van der Waals surface area contributed by atoms with Crippen molar-refractivity contribution in [3.05, 3.63) is 22.1 Å². The van der Waals surface area contributed by atoms with Crippen molar-refractivity contribution in [2.75, 3.05) is 18.6 Å². The second-order valence-electron chi connectivity index (χ2n) is 4.57. The van der Waals surface area contributed by atoms with Gasteiger partial charge in [0, 0.05) is 30.5 Å². The summed E-state index contributed by atoms with van der Waals surface area (Å²) in [6.07, 6.45) is 0.204. The zero-order chi connectivity index (χ0) is 16.8. The quantitative estimate of drug-likeness (QED) is 0.550. The molecule has 2 rings (SSSR count). The molecule has 0 bridgehead atoms. The summed E-state index contributed by atoms with van der Waals surface area (Å²) >= 11 is 4.51. The van der Waals surface area contributed by atoms with E-state index in [0.717, 1.165) is 15.7 Å². The van der Waals surface area contributed by atoms with E-state index in [4.69, 9.17) is 4.74 Å². The summed E-state index contributed by atoms with van der Waals surface area (Å²) < 4.78 is 5.79. The number of aromatic nitrogens is 2. The number of hydrogen-bond acceptors (Lipinski definition) is 8. The molecule has 1 amide bonds. The number of anilines is 1. The predicted octanol–water partition coefficient (Wildman–Crippen LogP) is 2.98. The molecule has 0 aliphatic carbocycles. The fraction of sp³-hybridized carbons (Fsp3) is 0.429. The van der Waals surface area contributed by atoms with Crippen LogP contribution in [0.2, 0.25) is 0 Å². The minimum Gasteiger partial charge on any atom is -0.466 e. The van der Waals surface area contributed by atoms with Crippen molar-refractivity contribution in [1.82, 2.24) is 9.97 Å². The van der Waals surface area contributed by atoms with Gasteiger partial charge in [0.25, 0.3) is 0 Å². The third kappa shape index (κ3) is 5.29. The number of rotatable bonds is 7. The molecule has 124 valence electrons. The van der Waals surface area contributed by atoms with E-state index in [0.29, 0.717) is 17.5 Å². The number of ether oxygens (including phenoxy) is 1. The van der Waals surface area contributed by atoms with Gasteiger partial charge in [0.2, 0.25) is 5.91 Å². The molecule has 0 spiro atoms. The molecule has 9 heteroatoms. The second kappa shape index (κ2) is 8.42. The molecule has 2 aromatic rings. The van der Waals surface area contributed by atoms with Gasteiger partial charge in [-0.1, -0.05) is 11.8 Å². The maximum Gasteiger partial charge on any atom is 0.311 e.